The lowest BCUT2D eigenvalue weighted by Gasteiger charge is -2.28. The third-order valence-corrected chi connectivity index (χ3v) is 9.93. The molecule has 1 heterocycles. The van der Waals surface area contributed by atoms with E-state index >= 15 is 0 Å². The predicted octanol–water partition coefficient (Wildman–Crippen LogP) is 5.86. The maximum atomic E-state index is 13.6. The highest BCUT2D eigenvalue weighted by Crippen LogP contribution is 2.63. The predicted molar refractivity (Wildman–Crippen MR) is 150 cm³/mol. The maximum Gasteiger partial charge on any atom is 0.246 e. The van der Waals surface area contributed by atoms with Crippen LogP contribution >= 0.6 is 11.6 Å². The van der Waals surface area contributed by atoms with Crippen molar-refractivity contribution in [3.05, 3.63) is 89.2 Å². The van der Waals surface area contributed by atoms with Gasteiger partial charge in [-0.05, 0) is 53.1 Å². The second kappa shape index (κ2) is 9.84. The van der Waals surface area contributed by atoms with Gasteiger partial charge in [-0.3, -0.25) is 9.48 Å². The van der Waals surface area contributed by atoms with Crippen molar-refractivity contribution in [2.24, 2.45) is 24.3 Å². The Kier molecular flexibility index (Phi) is 6.84. The average molecular weight is 551 g/mol. The van der Waals surface area contributed by atoms with Crippen molar-refractivity contribution >= 4 is 44.0 Å². The minimum Gasteiger partial charge on any atom is -0.326 e. The number of nitrogens with one attached hydrogen (secondary N) is 2. The van der Waals surface area contributed by atoms with E-state index < -0.39 is 21.5 Å². The largest absolute Gasteiger partial charge is 0.326 e. The van der Waals surface area contributed by atoms with Crippen LogP contribution in [-0.2, 0) is 21.9 Å². The van der Waals surface area contributed by atoms with Gasteiger partial charge in [0.15, 0.2) is 0 Å². The summed E-state index contributed by atoms with van der Waals surface area (Å²) in [6, 6.07) is 22.8. The Labute approximate surface area is 228 Å². The number of anilines is 1. The summed E-state index contributed by atoms with van der Waals surface area (Å²) in [4.78, 5) is 13.3. The summed E-state index contributed by atoms with van der Waals surface area (Å²) in [7, 11) is -2.39. The molecule has 1 aliphatic carbocycles. The Bertz CT molecular complexity index is 1620. The Hall–Kier alpha value is -3.20. The van der Waals surface area contributed by atoms with Gasteiger partial charge in [-0.1, -0.05) is 86.1 Å². The van der Waals surface area contributed by atoms with Crippen molar-refractivity contribution in [1.82, 2.24) is 14.5 Å². The van der Waals surface area contributed by atoms with Gasteiger partial charge in [0, 0.05) is 18.7 Å². The van der Waals surface area contributed by atoms with Crippen molar-refractivity contribution in [2.75, 3.05) is 5.32 Å². The van der Waals surface area contributed by atoms with Crippen LogP contribution in [-0.4, -0.2) is 24.1 Å². The van der Waals surface area contributed by atoms with Gasteiger partial charge in [0.05, 0.1) is 11.7 Å². The van der Waals surface area contributed by atoms with E-state index in [1.165, 1.54) is 4.68 Å². The minimum absolute atomic E-state index is 0.0227. The molecule has 5 rings (SSSR count). The van der Waals surface area contributed by atoms with E-state index in [4.69, 9.17) is 11.6 Å². The second-order valence-electron chi connectivity index (χ2n) is 10.5. The number of fused-ring (bicyclic) bond motifs is 1. The number of rotatable bonds is 8. The second-order valence-corrected chi connectivity index (χ2v) is 12.5. The zero-order valence-corrected chi connectivity index (χ0v) is 23.3. The van der Waals surface area contributed by atoms with Crippen molar-refractivity contribution in [3.63, 3.8) is 0 Å². The molecular formula is C29H31ClN4O3S. The smallest absolute Gasteiger partial charge is 0.246 e. The van der Waals surface area contributed by atoms with Crippen LogP contribution in [0.15, 0.2) is 77.7 Å². The summed E-state index contributed by atoms with van der Waals surface area (Å²) < 4.78 is 31.4. The molecule has 7 nitrogen and oxygen atoms in total. The minimum atomic E-state index is -4.00. The van der Waals surface area contributed by atoms with E-state index in [-0.39, 0.29) is 27.8 Å². The summed E-state index contributed by atoms with van der Waals surface area (Å²) in [5, 5.41) is 9.45. The molecule has 9 heteroatoms. The van der Waals surface area contributed by atoms with Crippen LogP contribution in [0.25, 0.3) is 10.8 Å². The van der Waals surface area contributed by atoms with Gasteiger partial charge in [-0.15, -0.1) is 0 Å². The van der Waals surface area contributed by atoms with Crippen molar-refractivity contribution in [2.45, 2.75) is 38.1 Å². The van der Waals surface area contributed by atoms with Crippen molar-refractivity contribution in [1.29, 1.82) is 0 Å². The molecule has 1 aliphatic rings. The average Bonchev–Trinajstić information content (AvgIpc) is 3.51. The Morgan fingerprint density at radius 3 is 2.39 bits per heavy atom. The van der Waals surface area contributed by atoms with E-state index in [1.807, 2.05) is 86.6 Å². The first kappa shape index (κ1) is 26.4. The molecule has 1 aromatic heterocycles. The summed E-state index contributed by atoms with van der Waals surface area (Å²) in [6.45, 7) is 5.57. The molecular weight excluding hydrogens is 520 g/mol. The number of nitrogens with zero attached hydrogens (tertiary/aromatic N) is 2. The number of aromatic nitrogens is 2. The summed E-state index contributed by atoms with van der Waals surface area (Å²) >= 11 is 6.32. The highest BCUT2D eigenvalue weighted by atomic mass is 35.5. The number of benzene rings is 3. The molecule has 1 saturated carbocycles. The lowest BCUT2D eigenvalue weighted by molar-refractivity contribution is -0.120. The number of hydrogen-bond acceptors (Lipinski definition) is 4. The lowest BCUT2D eigenvalue weighted by Crippen LogP contribution is -2.36. The van der Waals surface area contributed by atoms with E-state index in [1.54, 1.807) is 14.0 Å². The quantitative estimate of drug-likeness (QED) is 0.287. The zero-order valence-electron chi connectivity index (χ0n) is 21.8. The molecule has 0 saturated heterocycles. The van der Waals surface area contributed by atoms with Crippen LogP contribution in [0, 0.1) is 24.2 Å². The van der Waals surface area contributed by atoms with E-state index in [0.29, 0.717) is 12.1 Å². The number of aryl methyl sites for hydroxylation is 2. The SMILES string of the molecule is Cc1nn(C)c(Cl)c1S(=O)(=O)N[C@@H](c1ccccc1)[C@]1(C)C[C@H]1[C@@H](C)C(=O)Nc1ccc2ccccc2c1. The van der Waals surface area contributed by atoms with Gasteiger partial charge >= 0.3 is 0 Å². The van der Waals surface area contributed by atoms with Crippen LogP contribution in [0.5, 0.6) is 0 Å². The molecule has 0 unspecified atom stereocenters. The van der Waals surface area contributed by atoms with Gasteiger partial charge in [0.25, 0.3) is 0 Å². The van der Waals surface area contributed by atoms with Gasteiger partial charge in [-0.2, -0.15) is 5.10 Å². The number of carbonyl (C=O) groups excluding carboxylic acids is 1. The molecule has 4 atom stereocenters. The topological polar surface area (TPSA) is 93.1 Å². The zero-order chi connectivity index (χ0) is 27.2. The standard InChI is InChI=1S/C29H31ClN4O3S/c1-18(28(35)31-23-15-14-20-10-8-9-13-22(20)16-23)24-17-29(24,3)26(21-11-6-5-7-12-21)33-38(36,37)25-19(2)32-34(4)27(25)30/h5-16,18,24,26,33H,17H2,1-4H3,(H,31,35)/t18-,24+,26+,29-/m1/s1. The normalized spacial score (nSPS) is 20.7. The molecule has 0 radical (unpaired) electrons. The van der Waals surface area contributed by atoms with Crippen LogP contribution < -0.4 is 10.0 Å². The monoisotopic (exact) mass is 550 g/mol. The summed E-state index contributed by atoms with van der Waals surface area (Å²) in [5.74, 6) is -0.443. The first-order valence-corrected chi connectivity index (χ1v) is 14.4. The van der Waals surface area contributed by atoms with Crippen LogP contribution in [0.1, 0.15) is 37.6 Å². The first-order chi connectivity index (χ1) is 18.0. The molecule has 0 bridgehead atoms. The van der Waals surface area contributed by atoms with Gasteiger partial charge < -0.3 is 5.32 Å². The third kappa shape index (κ3) is 4.84. The first-order valence-electron chi connectivity index (χ1n) is 12.6. The molecule has 4 aromatic rings. The highest BCUT2D eigenvalue weighted by Gasteiger charge is 2.59. The van der Waals surface area contributed by atoms with Gasteiger partial charge in [0.1, 0.15) is 10.0 Å². The fourth-order valence-electron chi connectivity index (χ4n) is 5.56. The molecule has 0 aliphatic heterocycles. The number of halogens is 1. The fourth-order valence-corrected chi connectivity index (χ4v) is 7.66. The van der Waals surface area contributed by atoms with E-state index in [9.17, 15) is 13.2 Å². The fraction of sp³-hybridized carbons (Fsp3) is 0.310. The highest BCUT2D eigenvalue weighted by molar-refractivity contribution is 7.89. The number of hydrogen-bond donors (Lipinski definition) is 2. The van der Waals surface area contributed by atoms with Crippen LogP contribution in [0.4, 0.5) is 5.69 Å². The summed E-state index contributed by atoms with van der Waals surface area (Å²) in [6.07, 6.45) is 0.696. The third-order valence-electron chi connectivity index (χ3n) is 7.81. The Balaban J connectivity index is 1.39. The van der Waals surface area contributed by atoms with Crippen molar-refractivity contribution < 1.29 is 13.2 Å². The Morgan fingerprint density at radius 2 is 1.74 bits per heavy atom. The molecule has 3 aromatic carbocycles. The number of sulfonamides is 1. The van der Waals surface area contributed by atoms with Crippen LogP contribution in [0.2, 0.25) is 5.15 Å². The van der Waals surface area contributed by atoms with Gasteiger partial charge in [-0.25, -0.2) is 13.1 Å². The van der Waals surface area contributed by atoms with Crippen LogP contribution in [0.3, 0.4) is 0 Å². The number of carbonyl (C=O) groups is 1. The molecule has 0 spiro atoms. The van der Waals surface area contributed by atoms with Crippen molar-refractivity contribution in [3.8, 4) is 0 Å². The van der Waals surface area contributed by atoms with E-state index in [2.05, 4.69) is 15.1 Å². The molecule has 38 heavy (non-hydrogen) atoms. The molecule has 1 fully saturated rings. The summed E-state index contributed by atoms with van der Waals surface area (Å²) in [5.41, 5.74) is 1.43. The van der Waals surface area contributed by atoms with E-state index in [0.717, 1.165) is 22.0 Å². The lowest BCUT2D eigenvalue weighted by atomic mass is 9.86. The maximum absolute atomic E-state index is 13.6. The Morgan fingerprint density at radius 1 is 1.08 bits per heavy atom. The molecule has 1 amide bonds. The molecule has 198 valence electrons. The molecule has 2 N–H and O–H groups in total. The van der Waals surface area contributed by atoms with Gasteiger partial charge in [0.2, 0.25) is 15.9 Å². The number of amides is 1.